The Labute approximate surface area is 158 Å². The Morgan fingerprint density at radius 2 is 2.04 bits per heavy atom. The van der Waals surface area contributed by atoms with Crippen LogP contribution < -0.4 is 10.9 Å². The number of halogens is 1. The number of aromatic nitrogens is 2. The second-order valence-corrected chi connectivity index (χ2v) is 7.27. The predicted octanol–water partition coefficient (Wildman–Crippen LogP) is 3.52. The standard InChI is InChI=1S/C17H16ClN3O2S2/c18-12-3-1-11(2-4-12)5-8-19-14(22)6-9-21-16(23)15-13(7-10-25-15)20-17(21)24/h1-4,7,10H,5-6,8-9H2,(H,19,22)(H,20,24). The molecule has 0 saturated carbocycles. The summed E-state index contributed by atoms with van der Waals surface area (Å²) in [5, 5.41) is 5.39. The van der Waals surface area contributed by atoms with Crippen LogP contribution >= 0.6 is 35.2 Å². The molecule has 3 aromatic rings. The molecule has 5 nitrogen and oxygen atoms in total. The first-order chi connectivity index (χ1) is 12.0. The van der Waals surface area contributed by atoms with Crippen LogP contribution in [0.4, 0.5) is 0 Å². The molecule has 0 aliphatic rings. The first-order valence-electron chi connectivity index (χ1n) is 7.76. The highest BCUT2D eigenvalue weighted by Crippen LogP contribution is 2.14. The number of hydrogen-bond acceptors (Lipinski definition) is 4. The van der Waals surface area contributed by atoms with E-state index >= 15 is 0 Å². The Bertz CT molecular complexity index is 1010. The summed E-state index contributed by atoms with van der Waals surface area (Å²) in [5.74, 6) is -0.110. The van der Waals surface area contributed by atoms with Gasteiger partial charge in [-0.1, -0.05) is 23.7 Å². The number of nitrogens with one attached hydrogen (secondary N) is 2. The first kappa shape index (κ1) is 17.8. The monoisotopic (exact) mass is 393 g/mol. The molecular formula is C17H16ClN3O2S2. The molecule has 0 aliphatic carbocycles. The minimum Gasteiger partial charge on any atom is -0.356 e. The molecule has 0 atom stereocenters. The number of thiophene rings is 1. The highest BCUT2D eigenvalue weighted by atomic mass is 35.5. The van der Waals surface area contributed by atoms with E-state index in [0.29, 0.717) is 21.0 Å². The van der Waals surface area contributed by atoms with Crippen LogP contribution in [-0.4, -0.2) is 22.0 Å². The van der Waals surface area contributed by atoms with Crippen LogP contribution in [0, 0.1) is 4.77 Å². The summed E-state index contributed by atoms with van der Waals surface area (Å²) in [4.78, 5) is 27.4. The fourth-order valence-electron chi connectivity index (χ4n) is 2.47. The van der Waals surface area contributed by atoms with Crippen LogP contribution in [-0.2, 0) is 17.8 Å². The molecule has 0 bridgehead atoms. The number of hydrogen-bond donors (Lipinski definition) is 2. The van der Waals surface area contributed by atoms with Crippen molar-refractivity contribution in [3.05, 3.63) is 61.4 Å². The molecule has 3 rings (SSSR count). The zero-order valence-corrected chi connectivity index (χ0v) is 15.6. The zero-order valence-electron chi connectivity index (χ0n) is 13.3. The number of benzene rings is 1. The van der Waals surface area contributed by atoms with Crippen LogP contribution in [0.2, 0.25) is 5.02 Å². The number of aromatic amines is 1. The summed E-state index contributed by atoms with van der Waals surface area (Å²) in [5.41, 5.74) is 1.69. The summed E-state index contributed by atoms with van der Waals surface area (Å²) in [6.07, 6.45) is 0.930. The van der Waals surface area contributed by atoms with Crippen molar-refractivity contribution in [2.45, 2.75) is 19.4 Å². The lowest BCUT2D eigenvalue weighted by Gasteiger charge is -2.08. The molecule has 25 heavy (non-hydrogen) atoms. The summed E-state index contributed by atoms with van der Waals surface area (Å²) in [6, 6.07) is 9.35. The number of carbonyl (C=O) groups is 1. The van der Waals surface area contributed by atoms with Crippen molar-refractivity contribution in [2.75, 3.05) is 6.54 Å². The number of nitrogens with zero attached hydrogens (tertiary/aromatic N) is 1. The molecule has 0 unspecified atom stereocenters. The van der Waals surface area contributed by atoms with Gasteiger partial charge in [-0.05, 0) is 47.8 Å². The van der Waals surface area contributed by atoms with E-state index in [2.05, 4.69) is 10.3 Å². The van der Waals surface area contributed by atoms with Crippen molar-refractivity contribution < 1.29 is 4.79 Å². The van der Waals surface area contributed by atoms with Gasteiger partial charge >= 0.3 is 0 Å². The Kier molecular flexibility index (Phi) is 5.67. The summed E-state index contributed by atoms with van der Waals surface area (Å²) in [7, 11) is 0. The fraction of sp³-hybridized carbons (Fsp3) is 0.235. The maximum atomic E-state index is 12.4. The van der Waals surface area contributed by atoms with E-state index in [0.717, 1.165) is 17.5 Å². The molecule has 8 heteroatoms. The third-order valence-corrected chi connectivity index (χ3v) is 5.28. The van der Waals surface area contributed by atoms with Gasteiger partial charge in [-0.2, -0.15) is 0 Å². The normalized spacial score (nSPS) is 10.9. The second-order valence-electron chi connectivity index (χ2n) is 5.53. The molecule has 1 amide bonds. The minimum atomic E-state index is -0.150. The van der Waals surface area contributed by atoms with Crippen LogP contribution in [0.1, 0.15) is 12.0 Å². The van der Waals surface area contributed by atoms with Gasteiger partial charge in [-0.25, -0.2) is 0 Å². The molecule has 2 heterocycles. The van der Waals surface area contributed by atoms with Crippen molar-refractivity contribution in [1.29, 1.82) is 0 Å². The van der Waals surface area contributed by atoms with Gasteiger partial charge in [0.05, 0.1) is 5.52 Å². The van der Waals surface area contributed by atoms with E-state index in [1.54, 1.807) is 0 Å². The van der Waals surface area contributed by atoms with E-state index < -0.39 is 0 Å². The van der Waals surface area contributed by atoms with Gasteiger partial charge in [0, 0.05) is 24.5 Å². The average molecular weight is 394 g/mol. The number of H-pyrrole nitrogens is 1. The third kappa shape index (κ3) is 4.36. The predicted molar refractivity (Wildman–Crippen MR) is 104 cm³/mol. The van der Waals surface area contributed by atoms with Crippen molar-refractivity contribution >= 4 is 51.3 Å². The third-order valence-electron chi connectivity index (χ3n) is 3.80. The number of amides is 1. The van der Waals surface area contributed by atoms with Gasteiger partial charge < -0.3 is 10.3 Å². The average Bonchev–Trinajstić information content (AvgIpc) is 3.05. The topological polar surface area (TPSA) is 66.9 Å². The Balaban J connectivity index is 1.55. The van der Waals surface area contributed by atoms with E-state index in [4.69, 9.17) is 23.8 Å². The van der Waals surface area contributed by atoms with Gasteiger partial charge in [0.25, 0.3) is 5.56 Å². The molecule has 1 aromatic carbocycles. The molecule has 0 radical (unpaired) electrons. The van der Waals surface area contributed by atoms with Crippen LogP contribution in [0.5, 0.6) is 0 Å². The van der Waals surface area contributed by atoms with Crippen molar-refractivity contribution in [3.8, 4) is 0 Å². The Hall–Kier alpha value is -1.96. The fourth-order valence-corrected chi connectivity index (χ4v) is 3.68. The van der Waals surface area contributed by atoms with E-state index in [9.17, 15) is 9.59 Å². The molecule has 2 aromatic heterocycles. The second kappa shape index (κ2) is 7.95. The Morgan fingerprint density at radius 1 is 1.28 bits per heavy atom. The van der Waals surface area contributed by atoms with Crippen LogP contribution in [0.15, 0.2) is 40.5 Å². The quantitative estimate of drug-likeness (QED) is 0.629. The van der Waals surface area contributed by atoms with Crippen LogP contribution in [0.3, 0.4) is 0 Å². The van der Waals surface area contributed by atoms with Crippen molar-refractivity contribution in [3.63, 3.8) is 0 Å². The van der Waals surface area contributed by atoms with Gasteiger partial charge in [-0.15, -0.1) is 11.3 Å². The van der Waals surface area contributed by atoms with Gasteiger partial charge in [-0.3, -0.25) is 14.2 Å². The molecule has 0 fully saturated rings. The lowest BCUT2D eigenvalue weighted by atomic mass is 10.1. The molecular weight excluding hydrogens is 378 g/mol. The number of carbonyl (C=O) groups excluding carboxylic acids is 1. The largest absolute Gasteiger partial charge is 0.356 e. The van der Waals surface area contributed by atoms with Gasteiger partial charge in [0.1, 0.15) is 4.70 Å². The molecule has 0 spiro atoms. The number of fused-ring (bicyclic) bond motifs is 1. The summed E-state index contributed by atoms with van der Waals surface area (Å²) in [6.45, 7) is 0.793. The SMILES string of the molecule is O=C(CCn1c(=S)[nH]c2ccsc2c1=O)NCCc1ccc(Cl)cc1. The maximum Gasteiger partial charge on any atom is 0.272 e. The highest BCUT2D eigenvalue weighted by Gasteiger charge is 2.08. The Morgan fingerprint density at radius 3 is 2.80 bits per heavy atom. The summed E-state index contributed by atoms with van der Waals surface area (Å²) < 4.78 is 2.40. The molecule has 0 saturated heterocycles. The first-order valence-corrected chi connectivity index (χ1v) is 9.42. The van der Waals surface area contributed by atoms with Gasteiger partial charge in [0.2, 0.25) is 5.91 Å². The van der Waals surface area contributed by atoms with Gasteiger partial charge in [0.15, 0.2) is 4.77 Å². The molecule has 130 valence electrons. The molecule has 0 aliphatic heterocycles. The van der Waals surface area contributed by atoms with E-state index in [-0.39, 0.29) is 24.4 Å². The van der Waals surface area contributed by atoms with Crippen molar-refractivity contribution in [2.24, 2.45) is 0 Å². The van der Waals surface area contributed by atoms with Crippen LogP contribution in [0.25, 0.3) is 10.2 Å². The zero-order chi connectivity index (χ0) is 17.8. The van der Waals surface area contributed by atoms with Crippen molar-refractivity contribution in [1.82, 2.24) is 14.9 Å². The lowest BCUT2D eigenvalue weighted by Crippen LogP contribution is -2.29. The highest BCUT2D eigenvalue weighted by molar-refractivity contribution is 7.71. The lowest BCUT2D eigenvalue weighted by molar-refractivity contribution is -0.121. The summed E-state index contributed by atoms with van der Waals surface area (Å²) >= 11 is 12.4. The molecule has 2 N–H and O–H groups in total. The maximum absolute atomic E-state index is 12.4. The minimum absolute atomic E-state index is 0.110. The van der Waals surface area contributed by atoms with E-state index in [1.165, 1.54) is 15.9 Å². The smallest absolute Gasteiger partial charge is 0.272 e. The van der Waals surface area contributed by atoms with E-state index in [1.807, 2.05) is 35.7 Å². The number of rotatable bonds is 6.